The zero-order valence-electron chi connectivity index (χ0n) is 15.2. The van der Waals surface area contributed by atoms with Crippen LogP contribution in [0.5, 0.6) is 0 Å². The molecule has 0 aliphatic heterocycles. The predicted molar refractivity (Wildman–Crippen MR) is 109 cm³/mol. The molecule has 28 heavy (non-hydrogen) atoms. The summed E-state index contributed by atoms with van der Waals surface area (Å²) in [7, 11) is -0.939. The van der Waals surface area contributed by atoms with Gasteiger partial charge in [-0.05, 0) is 48.5 Å². The lowest BCUT2D eigenvalue weighted by atomic mass is 10.1. The fraction of sp³-hybridized carbons (Fsp3) is 0.158. The van der Waals surface area contributed by atoms with Crippen LogP contribution in [0.15, 0.2) is 64.0 Å². The van der Waals surface area contributed by atoms with E-state index in [1.807, 2.05) is 0 Å². The van der Waals surface area contributed by atoms with Crippen molar-refractivity contribution < 1.29 is 22.7 Å². The number of ether oxygens (including phenoxy) is 1. The van der Waals surface area contributed by atoms with E-state index < -0.39 is 27.9 Å². The number of carbonyl (C=O) groups excluding carboxylic acids is 2. The molecule has 0 aliphatic carbocycles. The molecule has 0 aliphatic rings. The number of esters is 1. The maximum absolute atomic E-state index is 12.2. The molecule has 0 saturated carbocycles. The van der Waals surface area contributed by atoms with Crippen molar-refractivity contribution in [3.05, 3.63) is 70.2 Å². The molecule has 0 spiro atoms. The molecule has 9 heteroatoms. The molecule has 1 amide bonds. The Morgan fingerprint density at radius 1 is 1.07 bits per heavy atom. The Hall–Kier alpha value is -2.49. The molecule has 0 radical (unpaired) electrons. The lowest BCUT2D eigenvalue weighted by molar-refractivity contribution is -0.144. The van der Waals surface area contributed by atoms with Crippen LogP contribution < -0.4 is 10.0 Å². The SMILES string of the molecule is CNS(=O)(=O)c1ccc(/C=C/C(=O)NC(C(=O)OC)c2ccc(Br)cc2)cc1. The number of halogens is 1. The molecular weight excluding hydrogens is 448 g/mol. The van der Waals surface area contributed by atoms with E-state index in [0.29, 0.717) is 11.1 Å². The molecule has 0 bridgehead atoms. The monoisotopic (exact) mass is 466 g/mol. The molecule has 1 unspecified atom stereocenters. The van der Waals surface area contributed by atoms with E-state index in [9.17, 15) is 18.0 Å². The summed E-state index contributed by atoms with van der Waals surface area (Å²) >= 11 is 3.32. The number of methoxy groups -OCH3 is 1. The summed E-state index contributed by atoms with van der Waals surface area (Å²) < 4.78 is 31.2. The van der Waals surface area contributed by atoms with Gasteiger partial charge in [-0.1, -0.05) is 40.2 Å². The Morgan fingerprint density at radius 3 is 2.21 bits per heavy atom. The number of amides is 1. The van der Waals surface area contributed by atoms with Gasteiger partial charge in [0.15, 0.2) is 6.04 Å². The maximum atomic E-state index is 12.2. The van der Waals surface area contributed by atoms with Crippen LogP contribution in [0, 0.1) is 0 Å². The lowest BCUT2D eigenvalue weighted by Gasteiger charge is -2.16. The number of carbonyl (C=O) groups is 2. The van der Waals surface area contributed by atoms with Gasteiger partial charge in [0.25, 0.3) is 0 Å². The van der Waals surface area contributed by atoms with Gasteiger partial charge in [0.1, 0.15) is 0 Å². The largest absolute Gasteiger partial charge is 0.467 e. The van der Waals surface area contributed by atoms with Gasteiger partial charge >= 0.3 is 5.97 Å². The van der Waals surface area contributed by atoms with Crippen LogP contribution in [-0.4, -0.2) is 34.5 Å². The smallest absolute Gasteiger partial charge is 0.333 e. The predicted octanol–water partition coefficient (Wildman–Crippen LogP) is 2.40. The van der Waals surface area contributed by atoms with Gasteiger partial charge in [-0.3, -0.25) is 4.79 Å². The third kappa shape index (κ3) is 5.75. The Morgan fingerprint density at radius 2 is 1.68 bits per heavy atom. The average molecular weight is 467 g/mol. The van der Waals surface area contributed by atoms with Crippen molar-refractivity contribution in [2.45, 2.75) is 10.9 Å². The van der Waals surface area contributed by atoms with Crippen LogP contribution in [0.3, 0.4) is 0 Å². The number of nitrogens with one attached hydrogen (secondary N) is 2. The number of rotatable bonds is 7. The second-order valence-electron chi connectivity index (χ2n) is 5.63. The van der Waals surface area contributed by atoms with Gasteiger partial charge in [0, 0.05) is 10.5 Å². The summed E-state index contributed by atoms with van der Waals surface area (Å²) in [5, 5.41) is 2.60. The number of hydrogen-bond donors (Lipinski definition) is 2. The Labute approximate surface area is 172 Å². The van der Waals surface area contributed by atoms with Gasteiger partial charge in [0.2, 0.25) is 15.9 Å². The molecule has 148 valence electrons. The highest BCUT2D eigenvalue weighted by Gasteiger charge is 2.22. The van der Waals surface area contributed by atoms with Crippen molar-refractivity contribution >= 4 is 43.9 Å². The fourth-order valence-electron chi connectivity index (χ4n) is 2.29. The van der Waals surface area contributed by atoms with Crippen molar-refractivity contribution in [2.75, 3.05) is 14.2 Å². The molecule has 2 aromatic carbocycles. The Balaban J connectivity index is 2.11. The first-order valence-corrected chi connectivity index (χ1v) is 10.4. The summed E-state index contributed by atoms with van der Waals surface area (Å²) in [6, 6.07) is 12.0. The van der Waals surface area contributed by atoms with E-state index in [2.05, 4.69) is 26.0 Å². The van der Waals surface area contributed by atoms with Crippen LogP contribution in [0.1, 0.15) is 17.2 Å². The second-order valence-corrected chi connectivity index (χ2v) is 8.43. The number of hydrogen-bond acceptors (Lipinski definition) is 5. The van der Waals surface area contributed by atoms with E-state index in [1.165, 1.54) is 38.4 Å². The van der Waals surface area contributed by atoms with Crippen LogP contribution in [0.4, 0.5) is 0 Å². The molecule has 7 nitrogen and oxygen atoms in total. The first-order chi connectivity index (χ1) is 13.3. The summed E-state index contributed by atoms with van der Waals surface area (Å²) in [5.41, 5.74) is 1.21. The van der Waals surface area contributed by atoms with E-state index in [0.717, 1.165) is 4.47 Å². The van der Waals surface area contributed by atoms with Crippen molar-refractivity contribution in [1.82, 2.24) is 10.0 Å². The van der Waals surface area contributed by atoms with Crippen molar-refractivity contribution in [3.8, 4) is 0 Å². The molecule has 0 aromatic heterocycles. The number of benzene rings is 2. The summed E-state index contributed by atoms with van der Waals surface area (Å²) in [5.74, 6) is -1.09. The highest BCUT2D eigenvalue weighted by Crippen LogP contribution is 2.18. The molecule has 0 saturated heterocycles. The zero-order valence-corrected chi connectivity index (χ0v) is 17.6. The standard InChI is InChI=1S/C19H19BrN2O5S/c1-21-28(25,26)16-10-3-13(4-11-16)5-12-17(23)22-18(19(24)27-2)14-6-8-15(20)9-7-14/h3-12,18,21H,1-2H3,(H,22,23)/b12-5+. The first kappa shape index (κ1) is 21.8. The van der Waals surface area contributed by atoms with Crippen molar-refractivity contribution in [3.63, 3.8) is 0 Å². The molecule has 2 aromatic rings. The highest BCUT2D eigenvalue weighted by molar-refractivity contribution is 9.10. The zero-order chi connectivity index (χ0) is 20.7. The van der Waals surface area contributed by atoms with Gasteiger partial charge in [-0.2, -0.15) is 0 Å². The minimum absolute atomic E-state index is 0.123. The van der Waals surface area contributed by atoms with Gasteiger partial charge in [0.05, 0.1) is 12.0 Å². The van der Waals surface area contributed by atoms with E-state index in [4.69, 9.17) is 4.74 Å². The van der Waals surface area contributed by atoms with E-state index in [-0.39, 0.29) is 4.90 Å². The topological polar surface area (TPSA) is 102 Å². The Kier molecular flexibility index (Phi) is 7.50. The third-order valence-electron chi connectivity index (χ3n) is 3.81. The molecule has 2 N–H and O–H groups in total. The molecule has 0 heterocycles. The van der Waals surface area contributed by atoms with Crippen LogP contribution >= 0.6 is 15.9 Å². The molecule has 1 atom stereocenters. The lowest BCUT2D eigenvalue weighted by Crippen LogP contribution is -2.33. The fourth-order valence-corrected chi connectivity index (χ4v) is 3.28. The summed E-state index contributed by atoms with van der Waals surface area (Å²) in [6.45, 7) is 0. The molecule has 0 fully saturated rings. The van der Waals surface area contributed by atoms with E-state index >= 15 is 0 Å². The number of sulfonamides is 1. The summed E-state index contributed by atoms with van der Waals surface area (Å²) in [6.07, 6.45) is 2.78. The van der Waals surface area contributed by atoms with Crippen molar-refractivity contribution in [1.29, 1.82) is 0 Å². The van der Waals surface area contributed by atoms with Gasteiger partial charge in [-0.15, -0.1) is 0 Å². The van der Waals surface area contributed by atoms with Crippen LogP contribution in [0.25, 0.3) is 6.08 Å². The average Bonchev–Trinajstić information content (AvgIpc) is 2.71. The minimum atomic E-state index is -3.52. The Bertz CT molecular complexity index is 970. The van der Waals surface area contributed by atoms with Crippen LogP contribution in [-0.2, 0) is 24.3 Å². The van der Waals surface area contributed by atoms with Gasteiger partial charge in [-0.25, -0.2) is 17.9 Å². The van der Waals surface area contributed by atoms with Crippen molar-refractivity contribution in [2.24, 2.45) is 0 Å². The summed E-state index contributed by atoms with van der Waals surface area (Å²) in [4.78, 5) is 24.4. The second kappa shape index (κ2) is 9.63. The minimum Gasteiger partial charge on any atom is -0.467 e. The normalized spacial score (nSPS) is 12.5. The van der Waals surface area contributed by atoms with E-state index in [1.54, 1.807) is 36.4 Å². The van der Waals surface area contributed by atoms with Gasteiger partial charge < -0.3 is 10.1 Å². The highest BCUT2D eigenvalue weighted by atomic mass is 79.9. The quantitative estimate of drug-likeness (QED) is 0.481. The molecular formula is C19H19BrN2O5S. The van der Waals surface area contributed by atoms with Crippen LogP contribution in [0.2, 0.25) is 0 Å². The maximum Gasteiger partial charge on any atom is 0.333 e. The first-order valence-electron chi connectivity index (χ1n) is 8.12. The third-order valence-corrected chi connectivity index (χ3v) is 5.77. The molecule has 2 rings (SSSR count).